The van der Waals surface area contributed by atoms with Gasteiger partial charge < -0.3 is 18.9 Å². The van der Waals surface area contributed by atoms with Gasteiger partial charge in [-0.15, -0.1) is 5.54 Å². The number of fused-ring (bicyclic) bond motifs is 3. The maximum absolute atomic E-state index is 13.2. The Kier molecular flexibility index (Phi) is 8.75. The third kappa shape index (κ3) is 6.57. The van der Waals surface area contributed by atoms with Crippen molar-refractivity contribution in [3.8, 4) is 22.6 Å². The van der Waals surface area contributed by atoms with Crippen LogP contribution >= 0.6 is 0 Å². The average molecular weight is 635 g/mol. The molecule has 3 aliphatic rings. The van der Waals surface area contributed by atoms with Crippen LogP contribution in [0.25, 0.3) is 11.1 Å². The van der Waals surface area contributed by atoms with Crippen molar-refractivity contribution in [2.45, 2.75) is 77.9 Å². The number of hydrogen-bond donors (Lipinski definition) is 0. The Balaban J connectivity index is 1.12. The highest BCUT2D eigenvalue weighted by molar-refractivity contribution is 6.83. The van der Waals surface area contributed by atoms with Crippen molar-refractivity contribution >= 4 is 26.7 Å². The molecule has 1 aliphatic carbocycles. The highest BCUT2D eigenvalue weighted by Crippen LogP contribution is 2.44. The van der Waals surface area contributed by atoms with Gasteiger partial charge in [0.15, 0.2) is 0 Å². The van der Waals surface area contributed by atoms with Gasteiger partial charge in [0, 0.05) is 44.2 Å². The van der Waals surface area contributed by atoms with E-state index in [-0.39, 0.29) is 12.0 Å². The number of piperazine rings is 1. The second-order valence-corrected chi connectivity index (χ2v) is 19.8. The van der Waals surface area contributed by atoms with Crippen LogP contribution in [-0.2, 0) is 20.6 Å². The largest absolute Gasteiger partial charge is 0.495 e. The molecule has 0 aromatic heterocycles. The average Bonchev–Trinajstić information content (AvgIpc) is 3.44. The topological polar surface area (TPSA) is 51.2 Å². The Bertz CT molecular complexity index is 1630. The van der Waals surface area contributed by atoms with Gasteiger partial charge in [-0.1, -0.05) is 74.1 Å². The SMILES string of the molecule is Cc1c(CN2CCN(C(=O)OCC3c4ccccc4-c4ccccc43)CC2)cc(C#C[Si](C)(C)C)cc1B1OC(C)(C)C(C)(C)O1. The van der Waals surface area contributed by atoms with Crippen LogP contribution in [0.5, 0.6) is 0 Å². The third-order valence-corrected chi connectivity index (χ3v) is 10.9. The number of carbonyl (C=O) groups is 1. The fraction of sp³-hybridized carbons (Fsp3) is 0.447. The molecule has 2 saturated heterocycles. The summed E-state index contributed by atoms with van der Waals surface area (Å²) in [5.74, 6) is 3.54. The van der Waals surface area contributed by atoms with Crippen LogP contribution in [-0.4, -0.2) is 75.1 Å². The van der Waals surface area contributed by atoms with Crippen LogP contribution in [0.15, 0.2) is 60.7 Å². The van der Waals surface area contributed by atoms with Crippen molar-refractivity contribution in [2.75, 3.05) is 32.8 Å². The number of amides is 1. The minimum atomic E-state index is -1.56. The van der Waals surface area contributed by atoms with Gasteiger partial charge in [-0.05, 0) is 85.6 Å². The third-order valence-electron chi connectivity index (χ3n) is 10.0. The standard InChI is InChI=1S/C38H47BN2O4Si/c1-27-29(23-28(17-22-46(6,7)8)24-35(27)39-44-37(2,3)38(4,5)45-39)25-40-18-20-41(21-19-40)36(42)43-26-34-32-15-11-9-13-30(32)31-14-10-12-16-33(31)34/h9-16,23-24,34H,18-21,25-26H2,1-8H3. The van der Waals surface area contributed by atoms with E-state index >= 15 is 0 Å². The van der Waals surface area contributed by atoms with Crippen LogP contribution in [0.4, 0.5) is 4.79 Å². The molecule has 0 radical (unpaired) electrons. The lowest BCUT2D eigenvalue weighted by molar-refractivity contribution is 0.00578. The van der Waals surface area contributed by atoms with E-state index in [0.29, 0.717) is 19.7 Å². The van der Waals surface area contributed by atoms with E-state index in [0.717, 1.165) is 30.7 Å². The number of benzene rings is 3. The monoisotopic (exact) mass is 634 g/mol. The lowest BCUT2D eigenvalue weighted by atomic mass is 9.74. The zero-order valence-electron chi connectivity index (χ0n) is 28.7. The van der Waals surface area contributed by atoms with Gasteiger partial charge in [0.2, 0.25) is 0 Å². The van der Waals surface area contributed by atoms with Gasteiger partial charge in [0.05, 0.1) is 11.2 Å². The van der Waals surface area contributed by atoms with Gasteiger partial charge in [-0.2, -0.15) is 0 Å². The summed E-state index contributed by atoms with van der Waals surface area (Å²) in [7, 11) is -2.00. The Labute approximate surface area is 276 Å². The van der Waals surface area contributed by atoms with Crippen LogP contribution in [0, 0.1) is 18.4 Å². The fourth-order valence-electron chi connectivity index (χ4n) is 6.52. The molecule has 3 aromatic carbocycles. The molecule has 0 bridgehead atoms. The molecule has 2 aliphatic heterocycles. The van der Waals surface area contributed by atoms with Crippen molar-refractivity contribution in [2.24, 2.45) is 0 Å². The van der Waals surface area contributed by atoms with Gasteiger partial charge in [-0.3, -0.25) is 4.90 Å². The van der Waals surface area contributed by atoms with Crippen molar-refractivity contribution in [3.05, 3.63) is 88.5 Å². The predicted molar refractivity (Wildman–Crippen MR) is 189 cm³/mol. The molecule has 2 fully saturated rings. The molecule has 2 heterocycles. The second-order valence-electron chi connectivity index (χ2n) is 15.0. The lowest BCUT2D eigenvalue weighted by Gasteiger charge is -2.34. The van der Waals surface area contributed by atoms with Crippen molar-refractivity contribution < 1.29 is 18.8 Å². The predicted octanol–water partition coefficient (Wildman–Crippen LogP) is 6.59. The second kappa shape index (κ2) is 12.4. The first-order valence-corrected chi connectivity index (χ1v) is 20.1. The molecule has 6 nitrogen and oxygen atoms in total. The van der Waals surface area contributed by atoms with Crippen molar-refractivity contribution in [1.29, 1.82) is 0 Å². The molecule has 3 aromatic rings. The maximum atomic E-state index is 13.2. The van der Waals surface area contributed by atoms with E-state index < -0.39 is 26.4 Å². The number of rotatable bonds is 5. The summed E-state index contributed by atoms with van der Waals surface area (Å²) < 4.78 is 18.9. The normalized spacial score (nSPS) is 19.0. The van der Waals surface area contributed by atoms with Gasteiger partial charge in [0.25, 0.3) is 0 Å². The number of ether oxygens (including phenoxy) is 1. The Hall–Kier alpha value is -3.35. The Morgan fingerprint density at radius 3 is 2.04 bits per heavy atom. The lowest BCUT2D eigenvalue weighted by Crippen LogP contribution is -2.48. The molecule has 0 unspecified atom stereocenters. The molecule has 46 heavy (non-hydrogen) atoms. The molecule has 0 spiro atoms. The molecular formula is C38H47BN2O4Si. The first-order valence-electron chi connectivity index (χ1n) is 16.6. The number of nitrogens with zero attached hydrogens (tertiary/aromatic N) is 2. The van der Waals surface area contributed by atoms with E-state index in [1.807, 2.05) is 4.90 Å². The van der Waals surface area contributed by atoms with Crippen molar-refractivity contribution in [3.63, 3.8) is 0 Å². The smallest absolute Gasteiger partial charge is 0.448 e. The van der Waals surface area contributed by atoms with Gasteiger partial charge in [-0.25, -0.2) is 4.79 Å². The number of carbonyl (C=O) groups excluding carboxylic acids is 1. The van der Waals surface area contributed by atoms with E-state index in [1.165, 1.54) is 33.4 Å². The van der Waals surface area contributed by atoms with Gasteiger partial charge >= 0.3 is 13.2 Å². The molecule has 240 valence electrons. The molecular weight excluding hydrogens is 587 g/mol. The summed E-state index contributed by atoms with van der Waals surface area (Å²) in [6.07, 6.45) is -0.232. The quantitative estimate of drug-likeness (QED) is 0.234. The first-order chi connectivity index (χ1) is 21.7. The minimum Gasteiger partial charge on any atom is -0.448 e. The molecule has 0 saturated carbocycles. The van der Waals surface area contributed by atoms with E-state index in [1.54, 1.807) is 0 Å². The van der Waals surface area contributed by atoms with Crippen LogP contribution in [0.3, 0.4) is 0 Å². The summed E-state index contributed by atoms with van der Waals surface area (Å²) in [4.78, 5) is 17.5. The first kappa shape index (κ1) is 32.6. The molecule has 0 N–H and O–H groups in total. The summed E-state index contributed by atoms with van der Waals surface area (Å²) >= 11 is 0. The zero-order chi connectivity index (χ0) is 32.9. The summed E-state index contributed by atoms with van der Waals surface area (Å²) in [5, 5.41) is 0. The maximum Gasteiger partial charge on any atom is 0.495 e. The zero-order valence-corrected chi connectivity index (χ0v) is 29.7. The highest BCUT2D eigenvalue weighted by Gasteiger charge is 2.52. The minimum absolute atomic E-state index is 0.0649. The Morgan fingerprint density at radius 1 is 0.913 bits per heavy atom. The van der Waals surface area contributed by atoms with Crippen LogP contribution in [0.1, 0.15) is 61.4 Å². The van der Waals surface area contributed by atoms with E-state index in [2.05, 4.69) is 131 Å². The molecule has 0 atom stereocenters. The van der Waals surface area contributed by atoms with Gasteiger partial charge in [0.1, 0.15) is 14.7 Å². The fourth-order valence-corrected chi connectivity index (χ4v) is 7.04. The summed E-state index contributed by atoms with van der Waals surface area (Å²) in [6, 6.07) is 21.3. The molecule has 8 heteroatoms. The highest BCUT2D eigenvalue weighted by atomic mass is 28.3. The number of hydrogen-bond acceptors (Lipinski definition) is 5. The van der Waals surface area contributed by atoms with Crippen LogP contribution in [0.2, 0.25) is 19.6 Å². The Morgan fingerprint density at radius 2 is 1.48 bits per heavy atom. The van der Waals surface area contributed by atoms with Crippen LogP contribution < -0.4 is 5.46 Å². The summed E-state index contributed by atoms with van der Waals surface area (Å²) in [6.45, 7) is 21.3. The summed E-state index contributed by atoms with van der Waals surface area (Å²) in [5.41, 5.74) is 12.1. The van der Waals surface area contributed by atoms with E-state index in [9.17, 15) is 4.79 Å². The van der Waals surface area contributed by atoms with Crippen molar-refractivity contribution in [1.82, 2.24) is 9.80 Å². The molecule has 1 amide bonds. The van der Waals surface area contributed by atoms with E-state index in [4.69, 9.17) is 14.0 Å². The molecule has 6 rings (SSSR count).